The maximum atomic E-state index is 11.1. The standard InChI is InChI=1S/C40H34O4.C28H24O3/c1-3-5-27-43-39-26-23-33(37-13-8-9-14-38(37)39)22-21-32-20-19-31(35-11-6-7-12-36(32)35)18-15-30-16-24-34(25-17-30)42-28-10-29-44-40(41)4-2;1-3-28(29)31-19-7-5-6-8-22-9-11-23(12-10-22)13-14-24-15-16-26-21-27(30-4-2)18-17-25(26)20-24/h4,6-9,11-14,16-17,19-20,23-26H,2-3,5,10,27-29H2,1H3;3,9-12,15-18,20-21H,1,4-5,7,19H2,2H3. The van der Waals surface area contributed by atoms with Gasteiger partial charge in [-0.3, -0.25) is 0 Å². The van der Waals surface area contributed by atoms with Gasteiger partial charge < -0.3 is 23.7 Å². The molecular formula is C68H58O7. The predicted molar refractivity (Wildman–Crippen MR) is 303 cm³/mol. The average Bonchev–Trinajstić information content (AvgIpc) is 3.45. The van der Waals surface area contributed by atoms with Gasteiger partial charge in [0.15, 0.2) is 0 Å². The highest BCUT2D eigenvalue weighted by Gasteiger charge is 2.08. The lowest BCUT2D eigenvalue weighted by Crippen LogP contribution is -2.06. The van der Waals surface area contributed by atoms with Crippen LogP contribution in [0.4, 0.5) is 0 Å². The molecule has 8 rings (SSSR count). The molecule has 372 valence electrons. The lowest BCUT2D eigenvalue weighted by atomic mass is 9.99. The van der Waals surface area contributed by atoms with Crippen LogP contribution in [0.15, 0.2) is 183 Å². The van der Waals surface area contributed by atoms with Crippen LogP contribution in [0.5, 0.6) is 17.2 Å². The molecule has 0 aliphatic carbocycles. The van der Waals surface area contributed by atoms with Gasteiger partial charge in [0.25, 0.3) is 0 Å². The molecule has 0 saturated carbocycles. The van der Waals surface area contributed by atoms with Crippen LogP contribution < -0.4 is 14.2 Å². The van der Waals surface area contributed by atoms with E-state index in [-0.39, 0.29) is 0 Å². The summed E-state index contributed by atoms with van der Waals surface area (Å²) in [7, 11) is 0. The van der Waals surface area contributed by atoms with Crippen LogP contribution in [-0.2, 0) is 19.1 Å². The van der Waals surface area contributed by atoms with E-state index < -0.39 is 11.9 Å². The van der Waals surface area contributed by atoms with Crippen LogP contribution in [0.2, 0.25) is 0 Å². The maximum absolute atomic E-state index is 11.1. The Balaban J connectivity index is 0.000000233. The van der Waals surface area contributed by atoms with E-state index in [1.807, 2.05) is 116 Å². The van der Waals surface area contributed by atoms with E-state index in [4.69, 9.17) is 23.7 Å². The number of fused-ring (bicyclic) bond motifs is 3. The van der Waals surface area contributed by atoms with Gasteiger partial charge in [0.05, 0.1) is 33.0 Å². The van der Waals surface area contributed by atoms with Crippen molar-refractivity contribution in [2.45, 2.75) is 46.0 Å². The van der Waals surface area contributed by atoms with Gasteiger partial charge in [-0.25, -0.2) is 9.59 Å². The summed E-state index contributed by atoms with van der Waals surface area (Å²) in [6.07, 6.45) is 6.42. The molecule has 0 radical (unpaired) electrons. The van der Waals surface area contributed by atoms with E-state index in [1.165, 1.54) is 0 Å². The molecule has 0 atom stereocenters. The zero-order chi connectivity index (χ0) is 52.5. The molecule has 8 aromatic rings. The second-order valence-corrected chi connectivity index (χ2v) is 16.9. The van der Waals surface area contributed by atoms with Crippen molar-refractivity contribution in [1.82, 2.24) is 0 Å². The fraction of sp³-hybridized carbons (Fsp3) is 0.176. The van der Waals surface area contributed by atoms with Gasteiger partial charge >= 0.3 is 11.9 Å². The summed E-state index contributed by atoms with van der Waals surface area (Å²) in [5, 5.41) is 6.58. The molecule has 0 aliphatic rings. The molecular weight excluding hydrogens is 929 g/mol. The monoisotopic (exact) mass is 986 g/mol. The third kappa shape index (κ3) is 16.3. The van der Waals surface area contributed by atoms with Crippen molar-refractivity contribution in [3.05, 3.63) is 222 Å². The first kappa shape index (κ1) is 53.4. The summed E-state index contributed by atoms with van der Waals surface area (Å²) < 4.78 is 27.2. The normalized spacial score (nSPS) is 10.1. The van der Waals surface area contributed by atoms with Crippen molar-refractivity contribution in [1.29, 1.82) is 0 Å². The minimum Gasteiger partial charge on any atom is -0.494 e. The van der Waals surface area contributed by atoms with Crippen molar-refractivity contribution < 1.29 is 33.3 Å². The number of carbonyl (C=O) groups is 2. The summed E-state index contributed by atoms with van der Waals surface area (Å²) in [5.41, 5.74) is 6.61. The van der Waals surface area contributed by atoms with E-state index in [0.29, 0.717) is 52.3 Å². The van der Waals surface area contributed by atoms with Crippen LogP contribution in [-0.4, -0.2) is 45.0 Å². The summed E-state index contributed by atoms with van der Waals surface area (Å²) in [6.45, 7) is 13.4. The van der Waals surface area contributed by atoms with Crippen LogP contribution in [0, 0.1) is 47.4 Å². The Labute approximate surface area is 441 Å². The molecule has 0 spiro atoms. The third-order valence-corrected chi connectivity index (χ3v) is 11.5. The van der Waals surface area contributed by atoms with Gasteiger partial charge in [-0.05, 0) is 138 Å². The lowest BCUT2D eigenvalue weighted by molar-refractivity contribution is -0.138. The van der Waals surface area contributed by atoms with Gasteiger partial charge in [-0.1, -0.05) is 135 Å². The summed E-state index contributed by atoms with van der Waals surface area (Å²) in [5.74, 6) is 27.8. The summed E-state index contributed by atoms with van der Waals surface area (Å²) in [6, 6.07) is 52.5. The smallest absolute Gasteiger partial charge is 0.330 e. The molecule has 75 heavy (non-hydrogen) atoms. The van der Waals surface area contributed by atoms with Gasteiger partial charge in [-0.2, -0.15) is 0 Å². The number of hydrogen-bond acceptors (Lipinski definition) is 7. The number of rotatable bonds is 16. The molecule has 0 amide bonds. The van der Waals surface area contributed by atoms with E-state index in [2.05, 4.69) is 116 Å². The van der Waals surface area contributed by atoms with Gasteiger partial charge in [0, 0.05) is 74.7 Å². The summed E-state index contributed by atoms with van der Waals surface area (Å²) >= 11 is 0. The minimum atomic E-state index is -0.424. The Morgan fingerprint density at radius 1 is 0.440 bits per heavy atom. The first-order valence-electron chi connectivity index (χ1n) is 25.1. The fourth-order valence-corrected chi connectivity index (χ4v) is 7.64. The highest BCUT2D eigenvalue weighted by Crippen LogP contribution is 2.29. The molecule has 7 heteroatoms. The Kier molecular flexibility index (Phi) is 20.4. The fourth-order valence-electron chi connectivity index (χ4n) is 7.64. The van der Waals surface area contributed by atoms with Crippen molar-refractivity contribution >= 4 is 44.3 Å². The predicted octanol–water partition coefficient (Wildman–Crippen LogP) is 14.0. The van der Waals surface area contributed by atoms with Crippen molar-refractivity contribution in [3.8, 4) is 64.6 Å². The van der Waals surface area contributed by atoms with E-state index in [0.717, 1.165) is 114 Å². The lowest BCUT2D eigenvalue weighted by Gasteiger charge is -2.10. The molecule has 7 nitrogen and oxygen atoms in total. The molecule has 0 heterocycles. The Hall–Kier alpha value is -9.40. The Morgan fingerprint density at radius 2 is 0.920 bits per heavy atom. The molecule has 8 aromatic carbocycles. The van der Waals surface area contributed by atoms with Crippen molar-refractivity contribution in [3.63, 3.8) is 0 Å². The van der Waals surface area contributed by atoms with E-state index in [9.17, 15) is 9.59 Å². The molecule has 0 aromatic heterocycles. The zero-order valence-corrected chi connectivity index (χ0v) is 42.5. The zero-order valence-electron chi connectivity index (χ0n) is 42.5. The maximum Gasteiger partial charge on any atom is 0.330 e. The van der Waals surface area contributed by atoms with Gasteiger partial charge in [0.1, 0.15) is 17.2 Å². The molecule has 0 unspecified atom stereocenters. The quantitative estimate of drug-likeness (QED) is 0.0413. The van der Waals surface area contributed by atoms with Crippen molar-refractivity contribution in [2.24, 2.45) is 0 Å². The van der Waals surface area contributed by atoms with Gasteiger partial charge in [-0.15, -0.1) is 0 Å². The number of esters is 2. The number of benzene rings is 8. The number of ether oxygens (including phenoxy) is 5. The third-order valence-electron chi connectivity index (χ3n) is 11.5. The highest BCUT2D eigenvalue weighted by atomic mass is 16.5. The topological polar surface area (TPSA) is 80.3 Å². The molecule has 0 bridgehead atoms. The van der Waals surface area contributed by atoms with Crippen molar-refractivity contribution in [2.75, 3.05) is 33.0 Å². The van der Waals surface area contributed by atoms with Gasteiger partial charge in [0.2, 0.25) is 0 Å². The van der Waals surface area contributed by atoms with Crippen LogP contribution in [0.3, 0.4) is 0 Å². The SMILES string of the molecule is C=CC(=O)OCCCC#Cc1ccc(C#Cc2ccc3cc(OCC)ccc3c2)cc1.C=CC(=O)OCCCOc1ccc(C#Cc2ccc(C#Cc3ccc(OCCCC)c4ccccc34)c3ccccc23)cc1. The number of carbonyl (C=O) groups excluding carboxylic acids is 2. The largest absolute Gasteiger partial charge is 0.494 e. The number of unbranched alkanes of at least 4 members (excludes halogenated alkanes) is 2. The van der Waals surface area contributed by atoms with Crippen LogP contribution in [0.1, 0.15) is 84.9 Å². The Bertz CT molecular complexity index is 3540. The molecule has 0 fully saturated rings. The average molecular weight is 987 g/mol. The summed E-state index contributed by atoms with van der Waals surface area (Å²) in [4.78, 5) is 22.0. The van der Waals surface area contributed by atoms with E-state index in [1.54, 1.807) is 0 Å². The highest BCUT2D eigenvalue weighted by molar-refractivity contribution is 5.95. The molecule has 0 saturated heterocycles. The Morgan fingerprint density at radius 3 is 1.55 bits per heavy atom. The van der Waals surface area contributed by atoms with Crippen LogP contribution in [0.25, 0.3) is 32.3 Å². The number of hydrogen-bond donors (Lipinski definition) is 0. The second-order valence-electron chi connectivity index (χ2n) is 16.9. The van der Waals surface area contributed by atoms with Crippen LogP contribution >= 0.6 is 0 Å². The molecule has 0 N–H and O–H groups in total. The molecule has 0 aliphatic heterocycles. The first-order chi connectivity index (χ1) is 36.8. The second kappa shape index (κ2) is 28.6. The first-order valence-corrected chi connectivity index (χ1v) is 25.1. The minimum absolute atomic E-state index is 0.297. The van der Waals surface area contributed by atoms with E-state index >= 15 is 0 Å².